The number of ether oxygens (including phenoxy) is 2. The maximum Gasteiger partial charge on any atom is 0.410 e. The van der Waals surface area contributed by atoms with E-state index in [4.69, 9.17) is 9.47 Å². The van der Waals surface area contributed by atoms with Crippen LogP contribution in [0.2, 0.25) is 0 Å². The minimum Gasteiger partial charge on any atom is -0.493 e. The minimum atomic E-state index is -3.12. The van der Waals surface area contributed by atoms with Crippen LogP contribution in [0.4, 0.5) is 10.5 Å². The van der Waals surface area contributed by atoms with Gasteiger partial charge in [0, 0.05) is 44.0 Å². The standard InChI is InChI=1S/C24H37N3O5S/c1-24(2,3)32-23(28)27-20-5-6-21(27)16-18(15-20)17-31-22-9-7-19(8-10-22)25-11-13-26(14-12-25)33(4,29)30/h7-10,18,20-21H,5-6,11-17H2,1-4H3. The monoisotopic (exact) mass is 479 g/mol. The quantitative estimate of drug-likeness (QED) is 0.645. The third-order valence-electron chi connectivity index (χ3n) is 6.83. The van der Waals surface area contributed by atoms with Crippen LogP contribution in [0.1, 0.15) is 46.5 Å². The molecule has 33 heavy (non-hydrogen) atoms. The average molecular weight is 480 g/mol. The van der Waals surface area contributed by atoms with Crippen molar-refractivity contribution in [1.82, 2.24) is 9.21 Å². The maximum absolute atomic E-state index is 12.6. The Hall–Kier alpha value is -2.00. The smallest absolute Gasteiger partial charge is 0.410 e. The van der Waals surface area contributed by atoms with Gasteiger partial charge in [0.25, 0.3) is 0 Å². The molecule has 1 aromatic carbocycles. The van der Waals surface area contributed by atoms with E-state index >= 15 is 0 Å². The first-order valence-electron chi connectivity index (χ1n) is 11.9. The lowest BCUT2D eigenvalue weighted by Gasteiger charge is -2.39. The number of nitrogens with zero attached hydrogens (tertiary/aromatic N) is 3. The van der Waals surface area contributed by atoms with Gasteiger partial charge in [0.05, 0.1) is 12.9 Å². The van der Waals surface area contributed by atoms with Gasteiger partial charge in [-0.25, -0.2) is 13.2 Å². The van der Waals surface area contributed by atoms with E-state index in [1.54, 1.807) is 0 Å². The van der Waals surface area contributed by atoms with Crippen molar-refractivity contribution in [1.29, 1.82) is 0 Å². The zero-order valence-electron chi connectivity index (χ0n) is 20.2. The third kappa shape index (κ3) is 5.93. The molecule has 4 rings (SSSR count). The highest BCUT2D eigenvalue weighted by molar-refractivity contribution is 7.88. The lowest BCUT2D eigenvalue weighted by atomic mass is 9.91. The van der Waals surface area contributed by atoms with Gasteiger partial charge >= 0.3 is 6.09 Å². The van der Waals surface area contributed by atoms with Crippen molar-refractivity contribution in [2.24, 2.45) is 5.92 Å². The summed E-state index contributed by atoms with van der Waals surface area (Å²) in [5.41, 5.74) is 0.614. The maximum atomic E-state index is 12.6. The molecule has 2 atom stereocenters. The summed E-state index contributed by atoms with van der Waals surface area (Å²) in [7, 11) is -3.12. The second kappa shape index (κ2) is 9.33. The summed E-state index contributed by atoms with van der Waals surface area (Å²) in [4.78, 5) is 16.8. The largest absolute Gasteiger partial charge is 0.493 e. The molecular formula is C24H37N3O5S. The molecular weight excluding hydrogens is 442 g/mol. The van der Waals surface area contributed by atoms with Crippen molar-refractivity contribution in [3.8, 4) is 5.75 Å². The zero-order chi connectivity index (χ0) is 23.8. The summed E-state index contributed by atoms with van der Waals surface area (Å²) in [5, 5.41) is 0. The Labute approximate surface area is 197 Å². The van der Waals surface area contributed by atoms with Gasteiger partial charge in [-0.1, -0.05) is 0 Å². The number of anilines is 1. The van der Waals surface area contributed by atoms with Crippen LogP contribution < -0.4 is 9.64 Å². The second-order valence-corrected chi connectivity index (χ2v) is 12.5. The predicted molar refractivity (Wildman–Crippen MR) is 128 cm³/mol. The summed E-state index contributed by atoms with van der Waals surface area (Å²) in [6, 6.07) is 8.56. The molecule has 0 aromatic heterocycles. The molecule has 184 valence electrons. The number of carbonyl (C=O) groups excluding carboxylic acids is 1. The number of fused-ring (bicyclic) bond motifs is 2. The van der Waals surface area contributed by atoms with E-state index in [1.165, 1.54) is 10.6 Å². The number of rotatable bonds is 5. The molecule has 0 aliphatic carbocycles. The number of amides is 1. The second-order valence-electron chi connectivity index (χ2n) is 10.6. The Morgan fingerprint density at radius 1 is 1.00 bits per heavy atom. The number of benzene rings is 1. The van der Waals surface area contributed by atoms with E-state index in [9.17, 15) is 13.2 Å². The van der Waals surface area contributed by atoms with E-state index in [-0.39, 0.29) is 18.2 Å². The fourth-order valence-electron chi connectivity index (χ4n) is 5.28. The fourth-order valence-corrected chi connectivity index (χ4v) is 6.11. The summed E-state index contributed by atoms with van der Waals surface area (Å²) < 4.78 is 36.7. The molecule has 8 nitrogen and oxygen atoms in total. The number of hydrogen-bond acceptors (Lipinski definition) is 6. The molecule has 3 saturated heterocycles. The summed E-state index contributed by atoms with van der Waals surface area (Å²) >= 11 is 0. The van der Waals surface area contributed by atoms with Gasteiger partial charge in [-0.3, -0.25) is 0 Å². The van der Waals surface area contributed by atoms with Gasteiger partial charge in [0.15, 0.2) is 0 Å². The van der Waals surface area contributed by atoms with Crippen LogP contribution in [-0.2, 0) is 14.8 Å². The summed E-state index contributed by atoms with van der Waals surface area (Å²) in [6.45, 7) is 8.79. The molecule has 0 spiro atoms. The first-order chi connectivity index (χ1) is 15.5. The van der Waals surface area contributed by atoms with Crippen molar-refractivity contribution in [2.45, 2.75) is 64.1 Å². The van der Waals surface area contributed by atoms with Crippen LogP contribution in [0.3, 0.4) is 0 Å². The van der Waals surface area contributed by atoms with E-state index in [0.29, 0.717) is 38.7 Å². The van der Waals surface area contributed by atoms with Gasteiger partial charge < -0.3 is 19.3 Å². The first-order valence-corrected chi connectivity index (χ1v) is 13.8. The van der Waals surface area contributed by atoms with Crippen LogP contribution in [0.25, 0.3) is 0 Å². The predicted octanol–water partition coefficient (Wildman–Crippen LogP) is 3.33. The molecule has 3 fully saturated rings. The molecule has 2 unspecified atom stereocenters. The molecule has 0 saturated carbocycles. The summed E-state index contributed by atoms with van der Waals surface area (Å²) in [6.07, 6.45) is 5.09. The normalized spacial score (nSPS) is 26.4. The highest BCUT2D eigenvalue weighted by Gasteiger charge is 2.44. The SMILES string of the molecule is CC(C)(C)OC(=O)N1C2CCC1CC(COc1ccc(N3CCN(S(C)(=O)=O)CC3)cc1)C2. The van der Waals surface area contributed by atoms with E-state index in [1.807, 2.05) is 49.9 Å². The van der Waals surface area contributed by atoms with Gasteiger partial charge in [-0.2, -0.15) is 4.31 Å². The van der Waals surface area contributed by atoms with E-state index < -0.39 is 15.6 Å². The Morgan fingerprint density at radius 3 is 2.09 bits per heavy atom. The molecule has 9 heteroatoms. The molecule has 0 N–H and O–H groups in total. The Kier molecular flexibility index (Phi) is 6.82. The molecule has 0 radical (unpaired) electrons. The van der Waals surface area contributed by atoms with Crippen LogP contribution in [0.15, 0.2) is 24.3 Å². The zero-order valence-corrected chi connectivity index (χ0v) is 21.0. The highest BCUT2D eigenvalue weighted by Crippen LogP contribution is 2.39. The number of piperazine rings is 1. The van der Waals surface area contributed by atoms with Crippen LogP contribution in [-0.4, -0.2) is 80.4 Å². The number of piperidine rings is 1. The fraction of sp³-hybridized carbons (Fsp3) is 0.708. The molecule has 1 aromatic rings. The minimum absolute atomic E-state index is 0.178. The van der Waals surface area contributed by atoms with Crippen LogP contribution >= 0.6 is 0 Å². The van der Waals surface area contributed by atoms with Gasteiger partial charge in [0.2, 0.25) is 10.0 Å². The van der Waals surface area contributed by atoms with Gasteiger partial charge in [-0.05, 0) is 76.6 Å². The van der Waals surface area contributed by atoms with E-state index in [0.717, 1.165) is 37.1 Å². The highest BCUT2D eigenvalue weighted by atomic mass is 32.2. The van der Waals surface area contributed by atoms with Gasteiger partial charge in [0.1, 0.15) is 11.4 Å². The molecule has 2 bridgehead atoms. The number of sulfonamides is 1. The van der Waals surface area contributed by atoms with Crippen LogP contribution in [0, 0.1) is 5.92 Å². The van der Waals surface area contributed by atoms with Crippen molar-refractivity contribution < 1.29 is 22.7 Å². The topological polar surface area (TPSA) is 79.4 Å². The first kappa shape index (κ1) is 24.1. The van der Waals surface area contributed by atoms with Crippen LogP contribution in [0.5, 0.6) is 5.75 Å². The molecule has 3 aliphatic rings. The lowest BCUT2D eigenvalue weighted by Crippen LogP contribution is -2.49. The number of carbonyl (C=O) groups is 1. The van der Waals surface area contributed by atoms with Crippen molar-refractivity contribution in [3.63, 3.8) is 0 Å². The average Bonchev–Trinajstić information content (AvgIpc) is 3.01. The van der Waals surface area contributed by atoms with E-state index in [2.05, 4.69) is 4.90 Å². The summed E-state index contributed by atoms with van der Waals surface area (Å²) in [5.74, 6) is 1.28. The van der Waals surface area contributed by atoms with Crippen molar-refractivity contribution in [2.75, 3.05) is 43.9 Å². The molecule has 3 heterocycles. The Bertz CT molecular complexity index is 922. The lowest BCUT2D eigenvalue weighted by molar-refractivity contribution is -0.000964. The molecule has 1 amide bonds. The van der Waals surface area contributed by atoms with Gasteiger partial charge in [-0.15, -0.1) is 0 Å². The van der Waals surface area contributed by atoms with Crippen molar-refractivity contribution in [3.05, 3.63) is 24.3 Å². The molecule has 3 aliphatic heterocycles. The number of hydrogen-bond donors (Lipinski definition) is 0. The third-order valence-corrected chi connectivity index (χ3v) is 8.13. The Morgan fingerprint density at radius 2 is 1.58 bits per heavy atom. The van der Waals surface area contributed by atoms with Crippen molar-refractivity contribution >= 4 is 21.8 Å². The Balaban J connectivity index is 1.26.